The molecule has 0 saturated heterocycles. The summed E-state index contributed by atoms with van der Waals surface area (Å²) in [4.78, 5) is 23.9. The number of carbonyl (C=O) groups excluding carboxylic acids is 1. The molecule has 0 aliphatic carbocycles. The van der Waals surface area contributed by atoms with Gasteiger partial charge in [0.25, 0.3) is 0 Å². The molecule has 0 saturated carbocycles. The highest BCUT2D eigenvalue weighted by Gasteiger charge is 2.15. The third kappa shape index (κ3) is 2.03. The molecule has 0 radical (unpaired) electrons. The fraction of sp³-hybridized carbons (Fsp3) is 0.125. The Hall–Kier alpha value is -2.82. The first-order valence-electron chi connectivity index (χ1n) is 6.30. The van der Waals surface area contributed by atoms with Crippen molar-refractivity contribution in [2.24, 2.45) is 0 Å². The number of ketones is 1. The van der Waals surface area contributed by atoms with Gasteiger partial charge in [0.1, 0.15) is 17.1 Å². The SMILES string of the molecule is COc1ccc2c(c1)c(=O)oc1cc(O)cc(C(C)=O)c12. The van der Waals surface area contributed by atoms with Gasteiger partial charge in [-0.3, -0.25) is 4.79 Å². The Morgan fingerprint density at radius 2 is 1.95 bits per heavy atom. The molecule has 0 fully saturated rings. The van der Waals surface area contributed by atoms with Crippen LogP contribution in [0.5, 0.6) is 11.5 Å². The van der Waals surface area contributed by atoms with E-state index in [2.05, 4.69) is 0 Å². The zero-order valence-corrected chi connectivity index (χ0v) is 11.5. The van der Waals surface area contributed by atoms with Crippen molar-refractivity contribution in [2.45, 2.75) is 6.92 Å². The minimum Gasteiger partial charge on any atom is -0.508 e. The summed E-state index contributed by atoms with van der Waals surface area (Å²) < 4.78 is 10.3. The molecule has 5 nitrogen and oxygen atoms in total. The Balaban J connectivity index is 2.58. The van der Waals surface area contributed by atoms with Gasteiger partial charge in [-0.05, 0) is 31.2 Å². The number of hydrogen-bond donors (Lipinski definition) is 1. The van der Waals surface area contributed by atoms with E-state index in [0.29, 0.717) is 27.5 Å². The van der Waals surface area contributed by atoms with E-state index in [1.165, 1.54) is 26.2 Å². The van der Waals surface area contributed by atoms with E-state index in [1.54, 1.807) is 18.2 Å². The van der Waals surface area contributed by atoms with E-state index >= 15 is 0 Å². The lowest BCUT2D eigenvalue weighted by Crippen LogP contribution is -2.03. The number of fused-ring (bicyclic) bond motifs is 3. The van der Waals surface area contributed by atoms with Gasteiger partial charge >= 0.3 is 5.63 Å². The molecule has 0 amide bonds. The Kier molecular flexibility index (Phi) is 2.90. The van der Waals surface area contributed by atoms with Crippen LogP contribution < -0.4 is 10.4 Å². The molecule has 1 aromatic heterocycles. The second-order valence-corrected chi connectivity index (χ2v) is 4.72. The third-order valence-corrected chi connectivity index (χ3v) is 3.38. The zero-order valence-electron chi connectivity index (χ0n) is 11.5. The zero-order chi connectivity index (χ0) is 15.1. The Bertz CT molecular complexity index is 937. The highest BCUT2D eigenvalue weighted by Crippen LogP contribution is 2.31. The molecular formula is C16H12O5. The molecule has 3 aromatic rings. The first kappa shape index (κ1) is 13.2. The lowest BCUT2D eigenvalue weighted by molar-refractivity contribution is 0.101. The minimum atomic E-state index is -0.545. The quantitative estimate of drug-likeness (QED) is 0.445. The fourth-order valence-electron chi connectivity index (χ4n) is 2.43. The van der Waals surface area contributed by atoms with Gasteiger partial charge in [-0.15, -0.1) is 0 Å². The Morgan fingerprint density at radius 1 is 1.19 bits per heavy atom. The molecule has 3 rings (SSSR count). The van der Waals surface area contributed by atoms with Crippen LogP contribution in [0.3, 0.4) is 0 Å². The van der Waals surface area contributed by atoms with Crippen molar-refractivity contribution < 1.29 is 19.1 Å². The van der Waals surface area contributed by atoms with Gasteiger partial charge in [0, 0.05) is 22.4 Å². The lowest BCUT2D eigenvalue weighted by Gasteiger charge is -2.08. The monoisotopic (exact) mass is 284 g/mol. The van der Waals surface area contributed by atoms with Gasteiger partial charge < -0.3 is 14.3 Å². The van der Waals surface area contributed by atoms with Crippen LogP contribution in [0.4, 0.5) is 0 Å². The summed E-state index contributed by atoms with van der Waals surface area (Å²) in [6.45, 7) is 1.40. The molecule has 1 N–H and O–H groups in total. The number of benzene rings is 2. The number of phenolic OH excluding ortho intramolecular Hbond substituents is 1. The number of carbonyl (C=O) groups is 1. The molecule has 5 heteroatoms. The lowest BCUT2D eigenvalue weighted by atomic mass is 10.00. The third-order valence-electron chi connectivity index (χ3n) is 3.38. The van der Waals surface area contributed by atoms with Crippen molar-refractivity contribution in [1.29, 1.82) is 0 Å². The summed E-state index contributed by atoms with van der Waals surface area (Å²) in [5, 5.41) is 11.1. The number of hydrogen-bond acceptors (Lipinski definition) is 5. The second kappa shape index (κ2) is 4.63. The molecule has 21 heavy (non-hydrogen) atoms. The molecule has 2 aromatic carbocycles. The minimum absolute atomic E-state index is 0.122. The average Bonchev–Trinajstić information content (AvgIpc) is 2.45. The van der Waals surface area contributed by atoms with Gasteiger partial charge in [0.2, 0.25) is 0 Å². The van der Waals surface area contributed by atoms with E-state index in [4.69, 9.17) is 9.15 Å². The van der Waals surface area contributed by atoms with E-state index in [1.807, 2.05) is 0 Å². The van der Waals surface area contributed by atoms with Crippen LogP contribution in [0, 0.1) is 0 Å². The van der Waals surface area contributed by atoms with Crippen LogP contribution in [0.1, 0.15) is 17.3 Å². The van der Waals surface area contributed by atoms with Gasteiger partial charge in [0.15, 0.2) is 5.78 Å². The van der Waals surface area contributed by atoms with Crippen molar-refractivity contribution >= 4 is 27.5 Å². The summed E-state index contributed by atoms with van der Waals surface area (Å²) >= 11 is 0. The molecular weight excluding hydrogens is 272 g/mol. The molecule has 0 bridgehead atoms. The average molecular weight is 284 g/mol. The summed E-state index contributed by atoms with van der Waals surface area (Å²) in [6.07, 6.45) is 0. The Morgan fingerprint density at radius 3 is 2.62 bits per heavy atom. The number of aromatic hydroxyl groups is 1. The van der Waals surface area contributed by atoms with Crippen molar-refractivity contribution in [2.75, 3.05) is 7.11 Å². The summed E-state index contributed by atoms with van der Waals surface area (Å²) in [5.74, 6) is 0.183. The van der Waals surface area contributed by atoms with Crippen LogP contribution >= 0.6 is 0 Å². The largest absolute Gasteiger partial charge is 0.508 e. The molecule has 0 unspecified atom stereocenters. The maximum atomic E-state index is 12.1. The molecule has 0 aliphatic rings. The topological polar surface area (TPSA) is 76.7 Å². The van der Waals surface area contributed by atoms with E-state index in [-0.39, 0.29) is 17.1 Å². The maximum absolute atomic E-state index is 12.1. The number of Topliss-reactive ketones (excluding diaryl/α,β-unsaturated/α-hetero) is 1. The molecule has 106 valence electrons. The van der Waals surface area contributed by atoms with Gasteiger partial charge in [0.05, 0.1) is 12.5 Å². The summed E-state index contributed by atoms with van der Waals surface area (Å²) in [5.41, 5.74) is -0.0525. The Labute approximate surface area is 119 Å². The first-order valence-corrected chi connectivity index (χ1v) is 6.30. The van der Waals surface area contributed by atoms with E-state index < -0.39 is 5.63 Å². The maximum Gasteiger partial charge on any atom is 0.344 e. The highest BCUT2D eigenvalue weighted by atomic mass is 16.5. The van der Waals surface area contributed by atoms with Crippen molar-refractivity contribution in [3.63, 3.8) is 0 Å². The fourth-order valence-corrected chi connectivity index (χ4v) is 2.43. The van der Waals surface area contributed by atoms with Gasteiger partial charge in [-0.25, -0.2) is 4.79 Å². The first-order chi connectivity index (χ1) is 10.0. The van der Waals surface area contributed by atoms with Crippen molar-refractivity contribution in [3.05, 3.63) is 46.3 Å². The van der Waals surface area contributed by atoms with Crippen molar-refractivity contribution in [3.8, 4) is 11.5 Å². The predicted molar refractivity (Wildman–Crippen MR) is 78.2 cm³/mol. The molecule has 0 atom stereocenters. The van der Waals surface area contributed by atoms with Crippen LogP contribution in [-0.2, 0) is 0 Å². The van der Waals surface area contributed by atoms with Gasteiger partial charge in [-0.2, -0.15) is 0 Å². The predicted octanol–water partition coefficient (Wildman–Crippen LogP) is 2.86. The van der Waals surface area contributed by atoms with Crippen LogP contribution in [0.15, 0.2) is 39.5 Å². The number of ether oxygens (including phenoxy) is 1. The standard InChI is InChI=1S/C16H12O5/c1-8(17)12-5-9(18)6-14-15(12)11-4-3-10(20-2)7-13(11)16(19)21-14/h3-7,18H,1-2H3. The number of methoxy groups -OCH3 is 1. The van der Waals surface area contributed by atoms with Crippen LogP contribution in [0.2, 0.25) is 0 Å². The molecule has 0 spiro atoms. The van der Waals surface area contributed by atoms with E-state index in [0.717, 1.165) is 0 Å². The normalized spacial score (nSPS) is 11.0. The summed E-state index contributed by atoms with van der Waals surface area (Å²) in [7, 11) is 1.50. The van der Waals surface area contributed by atoms with Crippen LogP contribution in [-0.4, -0.2) is 18.0 Å². The van der Waals surface area contributed by atoms with Crippen molar-refractivity contribution in [1.82, 2.24) is 0 Å². The highest BCUT2D eigenvalue weighted by molar-refractivity contribution is 6.16. The number of rotatable bonds is 2. The summed E-state index contributed by atoms with van der Waals surface area (Å²) in [6, 6.07) is 7.67. The second-order valence-electron chi connectivity index (χ2n) is 4.72. The van der Waals surface area contributed by atoms with Gasteiger partial charge in [-0.1, -0.05) is 0 Å². The smallest absolute Gasteiger partial charge is 0.344 e. The van der Waals surface area contributed by atoms with E-state index in [9.17, 15) is 14.7 Å². The van der Waals surface area contributed by atoms with Crippen LogP contribution in [0.25, 0.3) is 21.7 Å². The molecule has 0 aliphatic heterocycles. The molecule has 1 heterocycles. The number of phenols is 1.